The molecule has 0 amide bonds. The Morgan fingerprint density at radius 3 is 2.27 bits per heavy atom. The molecule has 0 spiro atoms. The highest BCUT2D eigenvalue weighted by Crippen LogP contribution is 2.38. The van der Waals surface area contributed by atoms with Gasteiger partial charge in [0.2, 0.25) is 0 Å². The molecular weight excluding hydrogens is 488 g/mol. The fraction of sp³-hybridized carbons (Fsp3) is 0.192. The maximum Gasteiger partial charge on any atom is 0.198 e. The first-order valence-corrected chi connectivity index (χ1v) is 10.9. The minimum Gasteiger partial charge on any atom is -0.496 e. The lowest BCUT2D eigenvalue weighted by atomic mass is 10.1. The Labute approximate surface area is 211 Å². The van der Waals surface area contributed by atoms with Crippen LogP contribution in [-0.4, -0.2) is 55.8 Å². The van der Waals surface area contributed by atoms with Gasteiger partial charge in [0.25, 0.3) is 0 Å². The fourth-order valence-corrected chi connectivity index (χ4v) is 3.23. The molecule has 0 aliphatic rings. The quantitative estimate of drug-likeness (QED) is 0.309. The number of methoxy groups -OCH3 is 2. The monoisotopic (exact) mass is 513 g/mol. The van der Waals surface area contributed by atoms with Gasteiger partial charge in [-0.05, 0) is 18.2 Å². The summed E-state index contributed by atoms with van der Waals surface area (Å²) in [5, 5.41) is 12.1. The highest BCUT2D eigenvalue weighted by Gasteiger charge is 2.17. The molecule has 0 unspecified atom stereocenters. The van der Waals surface area contributed by atoms with E-state index < -0.39 is 17.4 Å². The summed E-state index contributed by atoms with van der Waals surface area (Å²) in [5.41, 5.74) is 1.25. The number of hydrogen-bond acceptors (Lipinski definition) is 9. The molecule has 0 atom stereocenters. The second-order valence-corrected chi connectivity index (χ2v) is 7.26. The van der Waals surface area contributed by atoms with E-state index in [0.29, 0.717) is 45.7 Å². The van der Waals surface area contributed by atoms with Gasteiger partial charge in [-0.3, -0.25) is 14.8 Å². The van der Waals surface area contributed by atoms with Gasteiger partial charge in [0, 0.05) is 54.9 Å². The minimum atomic E-state index is -0.834. The van der Waals surface area contributed by atoms with Crippen LogP contribution in [0.4, 0.5) is 14.5 Å². The van der Waals surface area contributed by atoms with E-state index in [-0.39, 0.29) is 19.0 Å². The van der Waals surface area contributed by atoms with Crippen molar-refractivity contribution in [1.82, 2.24) is 9.97 Å². The molecule has 4 aromatic rings. The third kappa shape index (κ3) is 6.58. The summed E-state index contributed by atoms with van der Waals surface area (Å²) in [6, 6.07) is 8.63. The van der Waals surface area contributed by atoms with Gasteiger partial charge in [-0.15, -0.1) is 0 Å². The summed E-state index contributed by atoms with van der Waals surface area (Å²) in [7, 11) is 4.54. The molecule has 0 saturated heterocycles. The number of aromatic nitrogens is 2. The predicted molar refractivity (Wildman–Crippen MR) is 133 cm³/mol. The fourth-order valence-electron chi connectivity index (χ4n) is 3.23. The lowest BCUT2D eigenvalue weighted by Gasteiger charge is -2.14. The average molecular weight is 513 g/mol. The van der Waals surface area contributed by atoms with Crippen molar-refractivity contribution in [3.63, 3.8) is 0 Å². The first-order chi connectivity index (χ1) is 17.9. The number of nitrogens with one attached hydrogen (secondary N) is 1. The number of halogens is 2. The zero-order valence-electron chi connectivity index (χ0n) is 20.3. The minimum absolute atomic E-state index is 0.0896. The predicted octanol–water partition coefficient (Wildman–Crippen LogP) is 4.63. The summed E-state index contributed by atoms with van der Waals surface area (Å²) in [6.07, 6.45) is 5.21. The number of carbonyl (C=O) groups excluding carboxylic acids is 1. The Kier molecular flexibility index (Phi) is 9.50. The summed E-state index contributed by atoms with van der Waals surface area (Å²) in [4.78, 5) is 18.2. The van der Waals surface area contributed by atoms with Gasteiger partial charge in [-0.2, -0.15) is 0 Å². The topological polar surface area (TPSA) is 112 Å². The molecule has 37 heavy (non-hydrogen) atoms. The number of rotatable bonds is 9. The number of carbonyl (C=O) groups is 1. The molecule has 0 aliphatic heterocycles. The third-order valence-electron chi connectivity index (χ3n) is 4.99. The second kappa shape index (κ2) is 13.0. The first kappa shape index (κ1) is 27.1. The van der Waals surface area contributed by atoms with Crippen LogP contribution in [-0.2, 0) is 0 Å². The molecule has 4 rings (SSSR count). The van der Waals surface area contributed by atoms with Crippen LogP contribution >= 0.6 is 0 Å². The van der Waals surface area contributed by atoms with Crippen molar-refractivity contribution in [1.29, 1.82) is 0 Å². The van der Waals surface area contributed by atoms with Gasteiger partial charge in [0.1, 0.15) is 18.1 Å². The molecule has 0 bridgehead atoms. The van der Waals surface area contributed by atoms with Gasteiger partial charge in [-0.25, -0.2) is 8.78 Å². The maximum absolute atomic E-state index is 14.2. The van der Waals surface area contributed by atoms with Crippen molar-refractivity contribution in [2.24, 2.45) is 0 Å². The van der Waals surface area contributed by atoms with Gasteiger partial charge >= 0.3 is 0 Å². The molecule has 2 aromatic heterocycles. The Bertz CT molecular complexity index is 1350. The normalized spacial score (nSPS) is 10.2. The Hall–Kier alpha value is -4.51. The second-order valence-electron chi connectivity index (χ2n) is 7.26. The number of hydrogen-bond donors (Lipinski definition) is 2. The van der Waals surface area contributed by atoms with Crippen molar-refractivity contribution < 1.29 is 37.6 Å². The van der Waals surface area contributed by atoms with Crippen molar-refractivity contribution in [2.75, 3.05) is 39.8 Å². The summed E-state index contributed by atoms with van der Waals surface area (Å²) >= 11 is 0. The van der Waals surface area contributed by atoms with E-state index in [1.807, 2.05) is 0 Å². The van der Waals surface area contributed by atoms with Crippen LogP contribution < -0.4 is 24.3 Å². The van der Waals surface area contributed by atoms with Gasteiger partial charge < -0.3 is 29.4 Å². The number of fused-ring (bicyclic) bond motifs is 1. The van der Waals surface area contributed by atoms with Crippen LogP contribution in [0, 0.1) is 11.6 Å². The van der Waals surface area contributed by atoms with E-state index >= 15 is 0 Å². The standard InChI is InChI=1S/C19H18F2N2O4.C7H7NO2/c1-22-11-7-13(20)19(14(21)8-11)27-16-3-4-23-15-10-18(26-6-5-24)17(25-2)9-12(15)16;1-10-7-2-3-8-4-6(7)5-9/h3-4,7-10,22,24H,5-6H2,1-2H3;2-5H,1H3. The molecular formula is C26H25F2N3O6. The smallest absolute Gasteiger partial charge is 0.198 e. The van der Waals surface area contributed by atoms with Crippen LogP contribution in [0.3, 0.4) is 0 Å². The van der Waals surface area contributed by atoms with Gasteiger partial charge in [0.05, 0.1) is 31.9 Å². The number of pyridine rings is 2. The molecule has 11 heteroatoms. The van der Waals surface area contributed by atoms with E-state index in [1.54, 1.807) is 31.4 Å². The maximum atomic E-state index is 14.2. The van der Waals surface area contributed by atoms with Crippen LogP contribution in [0.5, 0.6) is 28.7 Å². The van der Waals surface area contributed by atoms with Gasteiger partial charge in [0.15, 0.2) is 35.2 Å². The Morgan fingerprint density at radius 1 is 0.973 bits per heavy atom. The number of nitrogens with zero attached hydrogens (tertiary/aromatic N) is 2. The molecule has 0 saturated carbocycles. The number of benzene rings is 2. The SMILES string of the molecule is CNc1cc(F)c(Oc2ccnc3cc(OCCO)c(OC)cc23)c(F)c1.COc1ccncc1C=O. The largest absolute Gasteiger partial charge is 0.496 e. The molecule has 2 aromatic carbocycles. The number of ether oxygens (including phenoxy) is 4. The highest BCUT2D eigenvalue weighted by atomic mass is 19.1. The zero-order chi connectivity index (χ0) is 26.8. The third-order valence-corrected chi connectivity index (χ3v) is 4.99. The van der Waals surface area contributed by atoms with E-state index in [4.69, 9.17) is 24.1 Å². The van der Waals surface area contributed by atoms with Crippen molar-refractivity contribution in [2.45, 2.75) is 0 Å². The van der Waals surface area contributed by atoms with Crippen LogP contribution in [0.25, 0.3) is 10.9 Å². The van der Waals surface area contributed by atoms with E-state index in [1.165, 1.54) is 32.7 Å². The number of aliphatic hydroxyl groups is 1. The van der Waals surface area contributed by atoms with Crippen molar-refractivity contribution >= 4 is 22.9 Å². The lowest BCUT2D eigenvalue weighted by molar-refractivity contribution is 0.112. The lowest BCUT2D eigenvalue weighted by Crippen LogP contribution is -2.03. The number of anilines is 1. The van der Waals surface area contributed by atoms with Crippen LogP contribution in [0.15, 0.2) is 55.0 Å². The number of aliphatic hydroxyl groups excluding tert-OH is 1. The summed E-state index contributed by atoms with van der Waals surface area (Å²) in [6.45, 7) is -0.0643. The van der Waals surface area contributed by atoms with Crippen LogP contribution in [0.1, 0.15) is 10.4 Å². The molecule has 0 radical (unpaired) electrons. The Morgan fingerprint density at radius 2 is 1.68 bits per heavy atom. The van der Waals surface area contributed by atoms with E-state index in [0.717, 1.165) is 12.1 Å². The summed E-state index contributed by atoms with van der Waals surface area (Å²) < 4.78 is 49.6. The van der Waals surface area contributed by atoms with E-state index in [9.17, 15) is 13.6 Å². The summed E-state index contributed by atoms with van der Waals surface area (Å²) in [5.74, 6) is -0.647. The molecule has 2 heterocycles. The van der Waals surface area contributed by atoms with Gasteiger partial charge in [-0.1, -0.05) is 0 Å². The average Bonchev–Trinajstić information content (AvgIpc) is 2.93. The van der Waals surface area contributed by atoms with Crippen LogP contribution in [0.2, 0.25) is 0 Å². The first-order valence-electron chi connectivity index (χ1n) is 10.9. The molecule has 0 aliphatic carbocycles. The molecule has 194 valence electrons. The van der Waals surface area contributed by atoms with E-state index in [2.05, 4.69) is 15.3 Å². The Balaban J connectivity index is 0.000000319. The molecule has 2 N–H and O–H groups in total. The van der Waals surface area contributed by atoms with Crippen molar-refractivity contribution in [3.8, 4) is 28.7 Å². The van der Waals surface area contributed by atoms with Crippen molar-refractivity contribution in [3.05, 3.63) is 72.2 Å². The zero-order valence-corrected chi connectivity index (χ0v) is 20.3. The highest BCUT2D eigenvalue weighted by molar-refractivity contribution is 5.88. The molecule has 9 nitrogen and oxygen atoms in total. The number of aldehydes is 1. The molecule has 0 fully saturated rings.